The number of pyridine rings is 1. The molecule has 5 nitrogen and oxygen atoms in total. The van der Waals surface area contributed by atoms with E-state index >= 15 is 0 Å². The molecule has 0 saturated carbocycles. The zero-order valence-corrected chi connectivity index (χ0v) is 13.1. The number of Topliss-reactive ketones (excluding diaryl/α,β-unsaturated/α-hetero) is 1. The first-order valence-electron chi connectivity index (χ1n) is 7.77. The van der Waals surface area contributed by atoms with E-state index < -0.39 is 0 Å². The van der Waals surface area contributed by atoms with Crippen LogP contribution in [0.3, 0.4) is 0 Å². The summed E-state index contributed by atoms with van der Waals surface area (Å²) in [5.74, 6) is 0.0443. The molecule has 118 valence electrons. The van der Waals surface area contributed by atoms with Crippen molar-refractivity contribution in [2.45, 2.75) is 19.8 Å². The van der Waals surface area contributed by atoms with Gasteiger partial charge < -0.3 is 10.2 Å². The van der Waals surface area contributed by atoms with E-state index in [4.69, 9.17) is 0 Å². The van der Waals surface area contributed by atoms with Crippen LogP contribution in [0.25, 0.3) is 0 Å². The Labute approximate surface area is 135 Å². The summed E-state index contributed by atoms with van der Waals surface area (Å²) in [6, 6.07) is 10.8. The second-order valence-corrected chi connectivity index (χ2v) is 5.69. The van der Waals surface area contributed by atoms with E-state index in [1.54, 1.807) is 31.3 Å². The number of hydrogen-bond acceptors (Lipinski definition) is 4. The first-order chi connectivity index (χ1) is 11.1. The summed E-state index contributed by atoms with van der Waals surface area (Å²) in [5, 5.41) is 3.21. The molecule has 1 amide bonds. The smallest absolute Gasteiger partial charge is 0.272 e. The molecule has 1 aromatic heterocycles. The van der Waals surface area contributed by atoms with Gasteiger partial charge in [-0.1, -0.05) is 0 Å². The van der Waals surface area contributed by atoms with E-state index in [0.717, 1.165) is 37.3 Å². The maximum Gasteiger partial charge on any atom is 0.272 e. The Bertz CT molecular complexity index is 702. The topological polar surface area (TPSA) is 62.3 Å². The number of likely N-dealkylation sites (tertiary alicyclic amines) is 1. The van der Waals surface area contributed by atoms with Gasteiger partial charge in [0, 0.05) is 24.3 Å². The number of anilines is 2. The lowest BCUT2D eigenvalue weighted by Crippen LogP contribution is -2.28. The fourth-order valence-corrected chi connectivity index (χ4v) is 2.63. The van der Waals surface area contributed by atoms with Crippen molar-refractivity contribution in [2.24, 2.45) is 0 Å². The highest BCUT2D eigenvalue weighted by atomic mass is 16.2. The zero-order valence-electron chi connectivity index (χ0n) is 13.1. The molecule has 1 fully saturated rings. The molecule has 5 heteroatoms. The van der Waals surface area contributed by atoms with Crippen LogP contribution < -0.4 is 5.32 Å². The van der Waals surface area contributed by atoms with Crippen LogP contribution in [-0.2, 0) is 0 Å². The summed E-state index contributed by atoms with van der Waals surface area (Å²) in [5.41, 5.74) is 2.83. The fraction of sp³-hybridized carbons (Fsp3) is 0.278. The van der Waals surface area contributed by atoms with Crippen molar-refractivity contribution in [2.75, 3.05) is 18.4 Å². The van der Waals surface area contributed by atoms with Crippen molar-refractivity contribution in [3.8, 4) is 0 Å². The van der Waals surface area contributed by atoms with E-state index in [1.165, 1.54) is 0 Å². The maximum absolute atomic E-state index is 12.2. The molecule has 1 aromatic carbocycles. The Balaban J connectivity index is 1.67. The van der Waals surface area contributed by atoms with Crippen LogP contribution in [0.5, 0.6) is 0 Å². The number of carbonyl (C=O) groups is 2. The molecule has 1 N–H and O–H groups in total. The predicted molar refractivity (Wildman–Crippen MR) is 89.1 cm³/mol. The molecule has 1 aliphatic heterocycles. The summed E-state index contributed by atoms with van der Waals surface area (Å²) in [6.07, 6.45) is 3.80. The summed E-state index contributed by atoms with van der Waals surface area (Å²) >= 11 is 0. The molecule has 23 heavy (non-hydrogen) atoms. The summed E-state index contributed by atoms with van der Waals surface area (Å²) in [7, 11) is 0. The molecule has 1 aliphatic rings. The second kappa shape index (κ2) is 6.60. The first-order valence-corrected chi connectivity index (χ1v) is 7.77. The van der Waals surface area contributed by atoms with E-state index in [2.05, 4.69) is 10.3 Å². The first kappa shape index (κ1) is 15.2. The molecular formula is C18H19N3O2. The minimum Gasteiger partial charge on any atom is -0.354 e. The van der Waals surface area contributed by atoms with Crippen LogP contribution in [0.4, 0.5) is 11.4 Å². The zero-order chi connectivity index (χ0) is 16.2. The van der Waals surface area contributed by atoms with Gasteiger partial charge in [-0.3, -0.25) is 9.59 Å². The van der Waals surface area contributed by atoms with Gasteiger partial charge in [-0.25, -0.2) is 4.98 Å². The minimum atomic E-state index is -0.000129. The third-order valence-corrected chi connectivity index (χ3v) is 3.96. The van der Waals surface area contributed by atoms with Gasteiger partial charge in [-0.05, 0) is 56.2 Å². The van der Waals surface area contributed by atoms with E-state index in [0.29, 0.717) is 11.3 Å². The van der Waals surface area contributed by atoms with Crippen LogP contribution in [0.1, 0.15) is 40.6 Å². The Morgan fingerprint density at radius 3 is 2.22 bits per heavy atom. The van der Waals surface area contributed by atoms with Gasteiger partial charge in [0.1, 0.15) is 5.69 Å². The molecule has 3 rings (SSSR count). The van der Waals surface area contributed by atoms with Gasteiger partial charge in [0.15, 0.2) is 5.78 Å². The molecule has 0 aliphatic carbocycles. The largest absolute Gasteiger partial charge is 0.354 e. The van der Waals surface area contributed by atoms with Crippen LogP contribution in [-0.4, -0.2) is 34.7 Å². The van der Waals surface area contributed by atoms with Gasteiger partial charge in [0.2, 0.25) is 0 Å². The van der Waals surface area contributed by atoms with Gasteiger partial charge in [-0.15, -0.1) is 0 Å². The predicted octanol–water partition coefficient (Wildman–Crippen LogP) is 3.26. The Kier molecular flexibility index (Phi) is 4.37. The molecule has 0 unspecified atom stereocenters. The molecular weight excluding hydrogens is 290 g/mol. The van der Waals surface area contributed by atoms with E-state index in [1.807, 2.05) is 23.1 Å². The molecule has 2 heterocycles. The highest BCUT2D eigenvalue weighted by Gasteiger charge is 2.20. The monoisotopic (exact) mass is 309 g/mol. The van der Waals surface area contributed by atoms with E-state index in [9.17, 15) is 9.59 Å². The standard InChI is InChI=1S/C18H19N3O2/c1-13(22)14-4-6-15(7-5-14)20-16-8-9-17(19-12-16)18(23)21-10-2-3-11-21/h4-9,12,20H,2-3,10-11H2,1H3. The lowest BCUT2D eigenvalue weighted by Gasteiger charge is -2.14. The fourth-order valence-electron chi connectivity index (χ4n) is 2.63. The van der Waals surface area contributed by atoms with Gasteiger partial charge >= 0.3 is 0 Å². The second-order valence-electron chi connectivity index (χ2n) is 5.69. The SMILES string of the molecule is CC(=O)c1ccc(Nc2ccc(C(=O)N3CCCC3)nc2)cc1. The van der Waals surface area contributed by atoms with Gasteiger partial charge in [-0.2, -0.15) is 0 Å². The number of nitrogens with one attached hydrogen (secondary N) is 1. The summed E-state index contributed by atoms with van der Waals surface area (Å²) in [4.78, 5) is 29.6. The van der Waals surface area contributed by atoms with Crippen molar-refractivity contribution < 1.29 is 9.59 Å². The summed E-state index contributed by atoms with van der Waals surface area (Å²) in [6.45, 7) is 3.19. The van der Waals surface area contributed by atoms with Gasteiger partial charge in [0.05, 0.1) is 11.9 Å². The number of amides is 1. The van der Waals surface area contributed by atoms with E-state index in [-0.39, 0.29) is 11.7 Å². The van der Waals surface area contributed by atoms with Crippen molar-refractivity contribution >= 4 is 23.1 Å². The quantitative estimate of drug-likeness (QED) is 0.881. The van der Waals surface area contributed by atoms with Crippen LogP contribution >= 0.6 is 0 Å². The normalized spacial score (nSPS) is 13.9. The van der Waals surface area contributed by atoms with Crippen LogP contribution in [0.15, 0.2) is 42.6 Å². The Morgan fingerprint density at radius 2 is 1.65 bits per heavy atom. The molecule has 0 radical (unpaired) electrons. The molecule has 0 bridgehead atoms. The van der Waals surface area contributed by atoms with Gasteiger partial charge in [0.25, 0.3) is 5.91 Å². The number of ketones is 1. The molecule has 0 spiro atoms. The number of hydrogen-bond donors (Lipinski definition) is 1. The van der Waals surface area contributed by atoms with Crippen molar-refractivity contribution in [3.63, 3.8) is 0 Å². The number of rotatable bonds is 4. The van der Waals surface area contributed by atoms with Crippen LogP contribution in [0, 0.1) is 0 Å². The highest BCUT2D eigenvalue weighted by molar-refractivity contribution is 5.94. The highest BCUT2D eigenvalue weighted by Crippen LogP contribution is 2.18. The number of aromatic nitrogens is 1. The number of benzene rings is 1. The van der Waals surface area contributed by atoms with Crippen molar-refractivity contribution in [1.82, 2.24) is 9.88 Å². The maximum atomic E-state index is 12.2. The number of carbonyl (C=O) groups excluding carboxylic acids is 2. The minimum absolute atomic E-state index is 0.000129. The van der Waals surface area contributed by atoms with Crippen molar-refractivity contribution in [1.29, 1.82) is 0 Å². The number of nitrogens with zero attached hydrogens (tertiary/aromatic N) is 2. The summed E-state index contributed by atoms with van der Waals surface area (Å²) < 4.78 is 0. The molecule has 2 aromatic rings. The average molecular weight is 309 g/mol. The third kappa shape index (κ3) is 3.56. The lowest BCUT2D eigenvalue weighted by atomic mass is 10.1. The lowest BCUT2D eigenvalue weighted by molar-refractivity contribution is 0.0787. The molecule has 1 saturated heterocycles. The van der Waals surface area contributed by atoms with Crippen molar-refractivity contribution in [3.05, 3.63) is 53.9 Å². The average Bonchev–Trinajstić information content (AvgIpc) is 3.10. The Hall–Kier alpha value is -2.69. The third-order valence-electron chi connectivity index (χ3n) is 3.96. The Morgan fingerprint density at radius 1 is 1.00 bits per heavy atom. The molecule has 0 atom stereocenters. The van der Waals surface area contributed by atoms with Crippen LogP contribution in [0.2, 0.25) is 0 Å².